The number of fused-ring (bicyclic) bond motifs is 3. The highest BCUT2D eigenvalue weighted by Gasteiger charge is 2.48. The van der Waals surface area contributed by atoms with E-state index >= 15 is 0 Å². The zero-order valence-electron chi connectivity index (χ0n) is 17.9. The van der Waals surface area contributed by atoms with Crippen LogP contribution < -0.4 is 14.8 Å². The normalized spacial score (nSPS) is 22.3. The van der Waals surface area contributed by atoms with Crippen molar-refractivity contribution in [2.75, 3.05) is 19.0 Å². The van der Waals surface area contributed by atoms with E-state index in [9.17, 15) is 4.79 Å². The third-order valence-electron chi connectivity index (χ3n) is 6.08. The first kappa shape index (κ1) is 19.8. The molecule has 5 rings (SSSR count). The molecule has 1 saturated heterocycles. The number of hydrogen-bond acceptors (Lipinski definition) is 6. The summed E-state index contributed by atoms with van der Waals surface area (Å²) in [4.78, 5) is 22.2. The van der Waals surface area contributed by atoms with E-state index in [1.165, 1.54) is 7.11 Å². The number of methoxy groups -OCH3 is 1. The molecule has 1 amide bonds. The highest BCUT2D eigenvalue weighted by Crippen LogP contribution is 2.47. The fourth-order valence-corrected chi connectivity index (χ4v) is 4.57. The van der Waals surface area contributed by atoms with Gasteiger partial charge in [-0.25, -0.2) is 9.97 Å². The van der Waals surface area contributed by atoms with Gasteiger partial charge in [-0.3, -0.25) is 4.79 Å². The molecule has 2 atom stereocenters. The number of hydrogen-bond donors (Lipinski definition) is 1. The summed E-state index contributed by atoms with van der Waals surface area (Å²) >= 11 is 0. The van der Waals surface area contributed by atoms with Gasteiger partial charge in [-0.1, -0.05) is 0 Å². The first-order chi connectivity index (χ1) is 15.0. The standard InChI is InChI=1S/C23H26N4O4/c1-14(2)31-18-9-20-26-19(23-7-6-15(10-23)30-13-23)12-27(20)11-16(18)21(28)25-17-5-4-8-24-22(17)29-3/h4-5,8-9,11-12,14-15H,6-7,10,13H2,1-3H3,(H,25,28). The van der Waals surface area contributed by atoms with Gasteiger partial charge in [0, 0.05) is 30.1 Å². The average Bonchev–Trinajstić information content (AvgIpc) is 3.48. The maximum absolute atomic E-state index is 13.2. The van der Waals surface area contributed by atoms with Crippen LogP contribution in [0.15, 0.2) is 36.8 Å². The Kier molecular flexibility index (Phi) is 4.81. The molecule has 2 aliphatic rings. The third kappa shape index (κ3) is 3.50. The van der Waals surface area contributed by atoms with Gasteiger partial charge in [0.1, 0.15) is 17.1 Å². The summed E-state index contributed by atoms with van der Waals surface area (Å²) in [5.74, 6) is 0.538. The van der Waals surface area contributed by atoms with Crippen LogP contribution >= 0.6 is 0 Å². The van der Waals surface area contributed by atoms with Gasteiger partial charge in [0.15, 0.2) is 0 Å². The molecule has 2 fully saturated rings. The lowest BCUT2D eigenvalue weighted by atomic mass is 9.85. The molecule has 3 aromatic rings. The largest absolute Gasteiger partial charge is 0.490 e. The zero-order valence-corrected chi connectivity index (χ0v) is 17.9. The topological polar surface area (TPSA) is 87.0 Å². The molecule has 4 heterocycles. The summed E-state index contributed by atoms with van der Waals surface area (Å²) in [6, 6.07) is 5.32. The summed E-state index contributed by atoms with van der Waals surface area (Å²) in [6.07, 6.45) is 8.85. The lowest BCUT2D eigenvalue weighted by Gasteiger charge is -2.22. The van der Waals surface area contributed by atoms with Crippen LogP contribution in [0.25, 0.3) is 5.65 Å². The van der Waals surface area contributed by atoms with Crippen LogP contribution in [0.5, 0.6) is 11.6 Å². The van der Waals surface area contributed by atoms with E-state index in [2.05, 4.69) is 10.3 Å². The molecule has 8 nitrogen and oxygen atoms in total. The molecule has 0 radical (unpaired) electrons. The van der Waals surface area contributed by atoms with Crippen LogP contribution in [0.1, 0.15) is 49.2 Å². The number of carbonyl (C=O) groups is 1. The minimum atomic E-state index is -0.303. The molecular formula is C23H26N4O4. The van der Waals surface area contributed by atoms with Crippen molar-refractivity contribution in [3.05, 3.63) is 48.0 Å². The molecule has 1 aliphatic carbocycles. The Bertz CT molecular complexity index is 1130. The van der Waals surface area contributed by atoms with Crippen molar-refractivity contribution >= 4 is 17.2 Å². The van der Waals surface area contributed by atoms with Crippen molar-refractivity contribution < 1.29 is 19.0 Å². The van der Waals surface area contributed by atoms with Crippen molar-refractivity contribution in [3.63, 3.8) is 0 Å². The van der Waals surface area contributed by atoms with E-state index in [0.29, 0.717) is 35.6 Å². The second-order valence-corrected chi connectivity index (χ2v) is 8.58. The van der Waals surface area contributed by atoms with Crippen molar-refractivity contribution in [1.82, 2.24) is 14.4 Å². The molecule has 2 unspecified atom stereocenters. The highest BCUT2D eigenvalue weighted by atomic mass is 16.5. The number of aromatic nitrogens is 3. The van der Waals surface area contributed by atoms with Gasteiger partial charge in [-0.15, -0.1) is 0 Å². The molecule has 8 heteroatoms. The van der Waals surface area contributed by atoms with Crippen LogP contribution in [0.4, 0.5) is 5.69 Å². The fraction of sp³-hybridized carbons (Fsp3) is 0.435. The molecular weight excluding hydrogens is 396 g/mol. The summed E-state index contributed by atoms with van der Waals surface area (Å²) in [6.45, 7) is 4.58. The second kappa shape index (κ2) is 7.53. The van der Waals surface area contributed by atoms with E-state index < -0.39 is 0 Å². The van der Waals surface area contributed by atoms with Gasteiger partial charge in [0.2, 0.25) is 5.88 Å². The number of ether oxygens (including phenoxy) is 3. The predicted molar refractivity (Wildman–Crippen MR) is 115 cm³/mol. The summed E-state index contributed by atoms with van der Waals surface area (Å²) in [5.41, 5.74) is 2.68. The number of amides is 1. The van der Waals surface area contributed by atoms with Gasteiger partial charge < -0.3 is 23.9 Å². The Hall–Kier alpha value is -3.13. The van der Waals surface area contributed by atoms with Crippen LogP contribution in [-0.2, 0) is 10.2 Å². The van der Waals surface area contributed by atoms with E-state index in [0.717, 1.165) is 30.6 Å². The molecule has 0 aromatic carbocycles. The summed E-state index contributed by atoms with van der Waals surface area (Å²) in [7, 11) is 1.52. The molecule has 2 bridgehead atoms. The first-order valence-electron chi connectivity index (χ1n) is 10.6. The predicted octanol–water partition coefficient (Wildman–Crippen LogP) is 3.60. The lowest BCUT2D eigenvalue weighted by Crippen LogP contribution is -2.25. The molecule has 1 saturated carbocycles. The van der Waals surface area contributed by atoms with Crippen molar-refractivity contribution in [2.45, 2.75) is 50.7 Å². The second-order valence-electron chi connectivity index (χ2n) is 8.58. The molecule has 3 aromatic heterocycles. The van der Waals surface area contributed by atoms with Gasteiger partial charge in [0.05, 0.1) is 37.2 Å². The van der Waals surface area contributed by atoms with Crippen molar-refractivity contribution in [2.24, 2.45) is 0 Å². The lowest BCUT2D eigenvalue weighted by molar-refractivity contribution is 0.0692. The minimum Gasteiger partial charge on any atom is -0.490 e. The number of nitrogens with zero attached hydrogens (tertiary/aromatic N) is 3. The highest BCUT2D eigenvalue weighted by molar-refractivity contribution is 6.06. The quantitative estimate of drug-likeness (QED) is 0.653. The van der Waals surface area contributed by atoms with E-state index in [4.69, 9.17) is 19.2 Å². The number of imidazole rings is 1. The van der Waals surface area contributed by atoms with Crippen LogP contribution in [-0.4, -0.2) is 46.2 Å². The number of carbonyl (C=O) groups excluding carboxylic acids is 1. The van der Waals surface area contributed by atoms with Crippen LogP contribution in [0, 0.1) is 0 Å². The molecule has 31 heavy (non-hydrogen) atoms. The first-order valence-corrected chi connectivity index (χ1v) is 10.6. The Morgan fingerprint density at radius 3 is 2.94 bits per heavy atom. The average molecular weight is 422 g/mol. The molecule has 0 spiro atoms. The third-order valence-corrected chi connectivity index (χ3v) is 6.08. The van der Waals surface area contributed by atoms with Crippen molar-refractivity contribution in [3.8, 4) is 11.6 Å². The summed E-state index contributed by atoms with van der Waals surface area (Å²) in [5, 5.41) is 2.88. The van der Waals surface area contributed by atoms with Crippen LogP contribution in [0.2, 0.25) is 0 Å². The fourth-order valence-electron chi connectivity index (χ4n) is 4.57. The Morgan fingerprint density at radius 2 is 2.26 bits per heavy atom. The zero-order chi connectivity index (χ0) is 21.6. The number of nitrogens with one attached hydrogen (secondary N) is 1. The SMILES string of the molecule is COc1ncccc1NC(=O)c1cn2cc(C34CCC(C3)OC4)nc2cc1OC(C)C. The van der Waals surface area contributed by atoms with E-state index in [-0.39, 0.29) is 17.4 Å². The molecule has 1 aliphatic heterocycles. The molecule has 162 valence electrons. The monoisotopic (exact) mass is 422 g/mol. The van der Waals surface area contributed by atoms with Gasteiger partial charge >= 0.3 is 0 Å². The van der Waals surface area contributed by atoms with Gasteiger partial charge in [-0.05, 0) is 45.2 Å². The Morgan fingerprint density at radius 1 is 1.39 bits per heavy atom. The van der Waals surface area contributed by atoms with Gasteiger partial charge in [-0.2, -0.15) is 0 Å². The van der Waals surface area contributed by atoms with Crippen LogP contribution in [0.3, 0.4) is 0 Å². The van der Waals surface area contributed by atoms with E-state index in [1.54, 1.807) is 24.5 Å². The number of pyridine rings is 2. The Labute approximate surface area is 180 Å². The summed E-state index contributed by atoms with van der Waals surface area (Å²) < 4.78 is 19.0. The van der Waals surface area contributed by atoms with Crippen molar-refractivity contribution in [1.29, 1.82) is 0 Å². The number of rotatable bonds is 6. The van der Waals surface area contributed by atoms with Gasteiger partial charge in [0.25, 0.3) is 5.91 Å². The van der Waals surface area contributed by atoms with E-state index in [1.807, 2.05) is 30.5 Å². The Balaban J connectivity index is 1.53. The minimum absolute atomic E-state index is 0.0126. The molecule has 1 N–H and O–H groups in total. The maximum atomic E-state index is 13.2. The smallest absolute Gasteiger partial charge is 0.261 e. The number of anilines is 1. The maximum Gasteiger partial charge on any atom is 0.261 e.